The van der Waals surface area contributed by atoms with Crippen molar-refractivity contribution >= 4 is 27.3 Å². The van der Waals surface area contributed by atoms with Gasteiger partial charge in [-0.1, -0.05) is 13.3 Å². The van der Waals surface area contributed by atoms with Crippen molar-refractivity contribution in [2.45, 2.75) is 42.9 Å². The van der Waals surface area contributed by atoms with E-state index in [2.05, 4.69) is 4.98 Å². The first-order valence-corrected chi connectivity index (χ1v) is 8.49. The number of rotatable bonds is 7. The minimum absolute atomic E-state index is 0.0281. The Hall–Kier alpha value is -0.990. The molecular formula is C11H16N2O4S2. The van der Waals surface area contributed by atoms with Gasteiger partial charge in [-0.05, 0) is 19.3 Å². The molecule has 1 aromatic heterocycles. The highest BCUT2D eigenvalue weighted by molar-refractivity contribution is 7.91. The number of carboxylic acid groups (broad SMARTS) is 1. The minimum atomic E-state index is -3.73. The van der Waals surface area contributed by atoms with Gasteiger partial charge in [-0.3, -0.25) is 0 Å². The molecule has 0 saturated heterocycles. The molecule has 1 saturated carbocycles. The molecule has 0 bridgehead atoms. The molecule has 0 amide bonds. The maximum absolute atomic E-state index is 12.5. The lowest BCUT2D eigenvalue weighted by Crippen LogP contribution is -2.34. The molecule has 6 nitrogen and oxygen atoms in total. The standard InChI is InChI=1S/C11H16N2O4S2/c1-2-3-6-13(8-4-5-8)19(16,17)11-9(10(14)15)12-7-18-11/h7-8H,2-6H2,1H3,(H,14,15). The summed E-state index contributed by atoms with van der Waals surface area (Å²) in [6, 6.07) is 0.0281. The van der Waals surface area contributed by atoms with Crippen LogP contribution in [0, 0.1) is 0 Å². The Morgan fingerprint density at radius 2 is 2.26 bits per heavy atom. The number of thiazole rings is 1. The molecular weight excluding hydrogens is 288 g/mol. The molecule has 1 aliphatic carbocycles. The first-order valence-electron chi connectivity index (χ1n) is 6.17. The molecule has 0 aliphatic heterocycles. The average Bonchev–Trinajstić information content (AvgIpc) is 3.04. The van der Waals surface area contributed by atoms with Crippen molar-refractivity contribution in [3.8, 4) is 0 Å². The van der Waals surface area contributed by atoms with Gasteiger partial charge in [-0.15, -0.1) is 11.3 Å². The summed E-state index contributed by atoms with van der Waals surface area (Å²) in [6.45, 7) is 2.44. The number of aromatic nitrogens is 1. The topological polar surface area (TPSA) is 87.6 Å². The van der Waals surface area contributed by atoms with Gasteiger partial charge in [0.15, 0.2) is 9.90 Å². The third-order valence-electron chi connectivity index (χ3n) is 2.97. The van der Waals surface area contributed by atoms with Crippen molar-refractivity contribution in [2.75, 3.05) is 6.54 Å². The first-order chi connectivity index (χ1) is 8.98. The Morgan fingerprint density at radius 1 is 1.58 bits per heavy atom. The van der Waals surface area contributed by atoms with Crippen molar-refractivity contribution in [2.24, 2.45) is 0 Å². The van der Waals surface area contributed by atoms with E-state index in [-0.39, 0.29) is 15.9 Å². The van der Waals surface area contributed by atoms with E-state index in [0.717, 1.165) is 37.0 Å². The molecule has 0 atom stereocenters. The van der Waals surface area contributed by atoms with E-state index in [1.165, 1.54) is 9.82 Å². The maximum atomic E-state index is 12.5. The number of carboxylic acids is 1. The third-order valence-corrected chi connectivity index (χ3v) is 6.27. The molecule has 0 unspecified atom stereocenters. The summed E-state index contributed by atoms with van der Waals surface area (Å²) in [5.41, 5.74) is 0.897. The van der Waals surface area contributed by atoms with Gasteiger partial charge >= 0.3 is 5.97 Å². The molecule has 8 heteroatoms. The van der Waals surface area contributed by atoms with Crippen LogP contribution in [-0.2, 0) is 10.0 Å². The van der Waals surface area contributed by atoms with Gasteiger partial charge in [0.05, 0.1) is 5.51 Å². The van der Waals surface area contributed by atoms with Crippen LogP contribution >= 0.6 is 11.3 Å². The van der Waals surface area contributed by atoms with Crippen molar-refractivity contribution in [3.63, 3.8) is 0 Å². The molecule has 0 aromatic carbocycles. The number of carbonyl (C=O) groups is 1. The summed E-state index contributed by atoms with van der Waals surface area (Å²) in [7, 11) is -3.73. The fraction of sp³-hybridized carbons (Fsp3) is 0.636. The van der Waals surface area contributed by atoms with Crippen LogP contribution in [0.3, 0.4) is 0 Å². The SMILES string of the molecule is CCCCN(C1CC1)S(=O)(=O)c1scnc1C(=O)O. The lowest BCUT2D eigenvalue weighted by Gasteiger charge is -2.20. The highest BCUT2D eigenvalue weighted by Crippen LogP contribution is 2.34. The van der Waals surface area contributed by atoms with Crippen LogP contribution in [0.2, 0.25) is 0 Å². The molecule has 2 rings (SSSR count). The van der Waals surface area contributed by atoms with Crippen LogP contribution in [0.1, 0.15) is 43.1 Å². The second-order valence-electron chi connectivity index (χ2n) is 4.49. The average molecular weight is 304 g/mol. The minimum Gasteiger partial charge on any atom is -0.476 e. The number of hydrogen-bond donors (Lipinski definition) is 1. The Bertz CT molecular complexity index is 563. The molecule has 0 spiro atoms. The number of aromatic carboxylic acids is 1. The second kappa shape index (κ2) is 5.56. The summed E-state index contributed by atoms with van der Waals surface area (Å²) >= 11 is 0.870. The van der Waals surface area contributed by atoms with Crippen LogP contribution in [0.4, 0.5) is 0 Å². The number of sulfonamides is 1. The molecule has 1 heterocycles. The molecule has 1 fully saturated rings. The van der Waals surface area contributed by atoms with Gasteiger partial charge in [0.25, 0.3) is 10.0 Å². The molecule has 1 aliphatic rings. The highest BCUT2D eigenvalue weighted by atomic mass is 32.2. The van der Waals surface area contributed by atoms with Gasteiger partial charge in [-0.25, -0.2) is 18.2 Å². The molecule has 0 radical (unpaired) electrons. The number of hydrogen-bond acceptors (Lipinski definition) is 5. The normalized spacial score (nSPS) is 15.9. The Balaban J connectivity index is 2.33. The van der Waals surface area contributed by atoms with Crippen LogP contribution in [0.15, 0.2) is 9.72 Å². The van der Waals surface area contributed by atoms with Crippen LogP contribution < -0.4 is 0 Å². The smallest absolute Gasteiger partial charge is 0.356 e. The van der Waals surface area contributed by atoms with E-state index in [1.807, 2.05) is 6.92 Å². The molecule has 1 aromatic rings. The molecule has 106 valence electrons. The van der Waals surface area contributed by atoms with Gasteiger partial charge in [-0.2, -0.15) is 4.31 Å². The summed E-state index contributed by atoms with van der Waals surface area (Å²) < 4.78 is 26.4. The lowest BCUT2D eigenvalue weighted by atomic mass is 10.3. The van der Waals surface area contributed by atoms with Gasteiger partial charge in [0.2, 0.25) is 0 Å². The van der Waals surface area contributed by atoms with E-state index >= 15 is 0 Å². The van der Waals surface area contributed by atoms with Gasteiger partial charge in [0, 0.05) is 12.6 Å². The fourth-order valence-corrected chi connectivity index (χ4v) is 4.82. The predicted molar refractivity (Wildman–Crippen MR) is 70.9 cm³/mol. The van der Waals surface area contributed by atoms with Gasteiger partial charge < -0.3 is 5.11 Å². The van der Waals surface area contributed by atoms with Crippen molar-refractivity contribution in [3.05, 3.63) is 11.2 Å². The summed E-state index contributed by atoms with van der Waals surface area (Å²) in [4.78, 5) is 14.7. The summed E-state index contributed by atoms with van der Waals surface area (Å²) in [6.07, 6.45) is 3.37. The zero-order chi connectivity index (χ0) is 14.0. The zero-order valence-corrected chi connectivity index (χ0v) is 12.2. The molecule has 19 heavy (non-hydrogen) atoms. The third kappa shape index (κ3) is 2.96. The molecule has 1 N–H and O–H groups in total. The van der Waals surface area contributed by atoms with Crippen molar-refractivity contribution < 1.29 is 18.3 Å². The van der Waals surface area contributed by atoms with Crippen molar-refractivity contribution in [1.82, 2.24) is 9.29 Å². The number of nitrogens with zero attached hydrogens (tertiary/aromatic N) is 2. The second-order valence-corrected chi connectivity index (χ2v) is 7.43. The summed E-state index contributed by atoms with van der Waals surface area (Å²) in [5, 5.41) is 8.99. The predicted octanol–water partition coefficient (Wildman–Crippen LogP) is 1.79. The highest BCUT2D eigenvalue weighted by Gasteiger charge is 2.40. The fourth-order valence-electron chi connectivity index (χ4n) is 1.84. The Labute approximate surface area is 116 Å². The van der Waals surface area contributed by atoms with E-state index < -0.39 is 16.0 Å². The maximum Gasteiger partial charge on any atom is 0.356 e. The number of unbranched alkanes of at least 4 members (excludes halogenated alkanes) is 1. The monoisotopic (exact) mass is 304 g/mol. The lowest BCUT2D eigenvalue weighted by molar-refractivity contribution is 0.0687. The summed E-state index contributed by atoms with van der Waals surface area (Å²) in [5.74, 6) is -1.30. The Kier molecular flexibility index (Phi) is 4.22. The van der Waals surface area contributed by atoms with Crippen LogP contribution in [-0.4, -0.2) is 41.4 Å². The first kappa shape index (κ1) is 14.4. The van der Waals surface area contributed by atoms with E-state index in [9.17, 15) is 13.2 Å². The van der Waals surface area contributed by atoms with Crippen LogP contribution in [0.25, 0.3) is 0 Å². The van der Waals surface area contributed by atoms with Gasteiger partial charge in [0.1, 0.15) is 0 Å². The van der Waals surface area contributed by atoms with E-state index in [4.69, 9.17) is 5.11 Å². The quantitative estimate of drug-likeness (QED) is 0.830. The largest absolute Gasteiger partial charge is 0.476 e. The zero-order valence-electron chi connectivity index (χ0n) is 10.6. The van der Waals surface area contributed by atoms with E-state index in [1.54, 1.807) is 0 Å². The van der Waals surface area contributed by atoms with Crippen LogP contribution in [0.5, 0.6) is 0 Å². The van der Waals surface area contributed by atoms with Crippen molar-refractivity contribution in [1.29, 1.82) is 0 Å². The Morgan fingerprint density at radius 3 is 2.79 bits per heavy atom. The van der Waals surface area contributed by atoms with E-state index in [0.29, 0.717) is 6.54 Å².